The van der Waals surface area contributed by atoms with Crippen LogP contribution in [0.1, 0.15) is 12.5 Å². The lowest BCUT2D eigenvalue weighted by Crippen LogP contribution is -2.28. The van der Waals surface area contributed by atoms with Crippen LogP contribution >= 0.6 is 15.9 Å². The number of aryl methyl sites for hydroxylation is 1. The molecule has 1 heterocycles. The van der Waals surface area contributed by atoms with Crippen LogP contribution in [0.2, 0.25) is 0 Å². The van der Waals surface area contributed by atoms with E-state index < -0.39 is 0 Å². The highest BCUT2D eigenvalue weighted by Crippen LogP contribution is 2.04. The summed E-state index contributed by atoms with van der Waals surface area (Å²) < 4.78 is 7.06. The van der Waals surface area contributed by atoms with Gasteiger partial charge in [-0.1, -0.05) is 15.9 Å². The molecule has 0 N–H and O–H groups in total. The summed E-state index contributed by atoms with van der Waals surface area (Å²) in [6, 6.07) is 0. The van der Waals surface area contributed by atoms with Crippen LogP contribution in [0.5, 0.6) is 0 Å². The molecule has 1 aromatic rings. The maximum atomic E-state index is 5.10. The van der Waals surface area contributed by atoms with Gasteiger partial charge in [0.15, 0.2) is 0 Å². The second-order valence-corrected chi connectivity index (χ2v) is 4.46. The highest BCUT2D eigenvalue weighted by molar-refractivity contribution is 9.09. The molecule has 4 nitrogen and oxygen atoms in total. The Balaban J connectivity index is 2.46. The van der Waals surface area contributed by atoms with Crippen molar-refractivity contribution in [2.45, 2.75) is 20.0 Å². The summed E-state index contributed by atoms with van der Waals surface area (Å²) in [4.78, 5) is 2.36. The van der Waals surface area contributed by atoms with Crippen LogP contribution in [-0.2, 0) is 17.8 Å². The molecule has 1 aromatic heterocycles. The third-order valence-electron chi connectivity index (χ3n) is 2.43. The maximum Gasteiger partial charge on any atom is 0.0589 e. The average molecular weight is 290 g/mol. The normalized spacial score (nSPS) is 11.2. The van der Waals surface area contributed by atoms with Crippen LogP contribution < -0.4 is 0 Å². The first-order valence-corrected chi connectivity index (χ1v) is 6.70. The average Bonchev–Trinajstić information content (AvgIpc) is 2.74. The van der Waals surface area contributed by atoms with E-state index in [1.807, 2.05) is 10.9 Å². The molecule has 0 aromatic carbocycles. The number of hydrogen-bond donors (Lipinski definition) is 0. The molecule has 0 aliphatic carbocycles. The smallest absolute Gasteiger partial charge is 0.0589 e. The third kappa shape index (κ3) is 4.63. The highest BCUT2D eigenvalue weighted by atomic mass is 79.9. The Morgan fingerprint density at radius 2 is 2.31 bits per heavy atom. The topological polar surface area (TPSA) is 30.3 Å². The minimum Gasteiger partial charge on any atom is -0.383 e. The molecule has 0 aliphatic rings. The zero-order valence-corrected chi connectivity index (χ0v) is 11.6. The van der Waals surface area contributed by atoms with Crippen LogP contribution in [0.25, 0.3) is 0 Å². The molecule has 0 fully saturated rings. The zero-order valence-electron chi connectivity index (χ0n) is 10.0. The number of ether oxygens (including phenoxy) is 1. The Hall–Kier alpha value is -0.390. The fourth-order valence-corrected chi connectivity index (χ4v) is 2.03. The molecule has 0 atom stereocenters. The van der Waals surface area contributed by atoms with Gasteiger partial charge in [0, 0.05) is 50.4 Å². The monoisotopic (exact) mass is 289 g/mol. The Kier molecular flexibility index (Phi) is 6.68. The fourth-order valence-electron chi connectivity index (χ4n) is 1.53. The molecule has 1 rings (SSSR count). The zero-order chi connectivity index (χ0) is 11.8. The van der Waals surface area contributed by atoms with Gasteiger partial charge in [-0.05, 0) is 6.92 Å². The van der Waals surface area contributed by atoms with Crippen molar-refractivity contribution in [3.8, 4) is 0 Å². The molecule has 0 radical (unpaired) electrons. The Morgan fingerprint density at radius 3 is 2.88 bits per heavy atom. The van der Waals surface area contributed by atoms with Crippen LogP contribution in [0, 0.1) is 0 Å². The molecule has 0 aliphatic heterocycles. The Morgan fingerprint density at radius 1 is 1.50 bits per heavy atom. The molecule has 0 saturated heterocycles. The standard InChI is InChI=1S/C11H20BrN3O/c1-3-15-10-11(8-13-15)9-14(5-4-12)6-7-16-2/h8,10H,3-7,9H2,1-2H3. The number of nitrogens with zero attached hydrogens (tertiary/aromatic N) is 3. The van der Waals surface area contributed by atoms with Crippen LogP contribution in [-0.4, -0.2) is 46.8 Å². The van der Waals surface area contributed by atoms with Gasteiger partial charge >= 0.3 is 0 Å². The lowest BCUT2D eigenvalue weighted by atomic mass is 10.3. The molecule has 0 unspecified atom stereocenters. The molecule has 5 heteroatoms. The van der Waals surface area contributed by atoms with Gasteiger partial charge in [0.25, 0.3) is 0 Å². The first-order chi connectivity index (χ1) is 7.80. The Labute approximate surface area is 106 Å². The van der Waals surface area contributed by atoms with Gasteiger partial charge in [-0.25, -0.2) is 0 Å². The van der Waals surface area contributed by atoms with Gasteiger partial charge in [-0.2, -0.15) is 5.10 Å². The van der Waals surface area contributed by atoms with Crippen LogP contribution in [0.3, 0.4) is 0 Å². The van der Waals surface area contributed by atoms with Gasteiger partial charge in [0.1, 0.15) is 0 Å². The van der Waals surface area contributed by atoms with Gasteiger partial charge in [-0.3, -0.25) is 9.58 Å². The third-order valence-corrected chi connectivity index (χ3v) is 2.78. The summed E-state index contributed by atoms with van der Waals surface area (Å²) in [5, 5.41) is 5.26. The Bertz CT molecular complexity index is 291. The summed E-state index contributed by atoms with van der Waals surface area (Å²) in [5.41, 5.74) is 1.26. The summed E-state index contributed by atoms with van der Waals surface area (Å²) in [7, 11) is 1.74. The summed E-state index contributed by atoms with van der Waals surface area (Å²) in [6.07, 6.45) is 4.05. The number of methoxy groups -OCH3 is 1. The van der Waals surface area contributed by atoms with Crippen molar-refractivity contribution < 1.29 is 4.74 Å². The first-order valence-electron chi connectivity index (χ1n) is 5.58. The highest BCUT2D eigenvalue weighted by Gasteiger charge is 2.06. The van der Waals surface area contributed by atoms with Crippen molar-refractivity contribution in [3.63, 3.8) is 0 Å². The van der Waals surface area contributed by atoms with E-state index >= 15 is 0 Å². The van der Waals surface area contributed by atoms with E-state index in [1.165, 1.54) is 5.56 Å². The van der Waals surface area contributed by atoms with Crippen molar-refractivity contribution in [1.82, 2.24) is 14.7 Å². The van der Waals surface area contributed by atoms with E-state index in [4.69, 9.17) is 4.74 Å². The summed E-state index contributed by atoms with van der Waals surface area (Å²) in [5.74, 6) is 0. The maximum absolute atomic E-state index is 5.10. The predicted octanol–water partition coefficient (Wildman–Crippen LogP) is 1.75. The van der Waals surface area contributed by atoms with Crippen molar-refractivity contribution in [3.05, 3.63) is 18.0 Å². The SMILES string of the molecule is CCn1cc(CN(CCBr)CCOC)cn1. The molecule has 0 bridgehead atoms. The lowest BCUT2D eigenvalue weighted by Gasteiger charge is -2.19. The van der Waals surface area contributed by atoms with E-state index in [1.54, 1.807) is 7.11 Å². The number of alkyl halides is 1. The van der Waals surface area contributed by atoms with Crippen LogP contribution in [0.4, 0.5) is 0 Å². The van der Waals surface area contributed by atoms with Crippen molar-refractivity contribution in [1.29, 1.82) is 0 Å². The molecular weight excluding hydrogens is 270 g/mol. The molecule has 0 spiro atoms. The van der Waals surface area contributed by atoms with E-state index in [0.717, 1.165) is 38.1 Å². The van der Waals surface area contributed by atoms with E-state index in [0.29, 0.717) is 0 Å². The molecular formula is C11H20BrN3O. The number of rotatable bonds is 8. The van der Waals surface area contributed by atoms with E-state index in [-0.39, 0.29) is 0 Å². The van der Waals surface area contributed by atoms with E-state index in [2.05, 4.69) is 39.0 Å². The molecule has 16 heavy (non-hydrogen) atoms. The van der Waals surface area contributed by atoms with Crippen LogP contribution in [0.15, 0.2) is 12.4 Å². The fraction of sp³-hybridized carbons (Fsp3) is 0.727. The lowest BCUT2D eigenvalue weighted by molar-refractivity contribution is 0.148. The van der Waals surface area contributed by atoms with Gasteiger partial charge < -0.3 is 4.74 Å². The number of aromatic nitrogens is 2. The summed E-state index contributed by atoms with van der Waals surface area (Å²) >= 11 is 3.47. The molecule has 0 saturated carbocycles. The van der Waals surface area contributed by atoms with Crippen molar-refractivity contribution in [2.75, 3.05) is 32.1 Å². The molecule has 0 amide bonds. The first kappa shape index (κ1) is 13.7. The van der Waals surface area contributed by atoms with Gasteiger partial charge in [0.05, 0.1) is 12.8 Å². The quantitative estimate of drug-likeness (QED) is 0.683. The largest absolute Gasteiger partial charge is 0.383 e. The van der Waals surface area contributed by atoms with Crippen molar-refractivity contribution in [2.24, 2.45) is 0 Å². The minimum atomic E-state index is 0.773. The second kappa shape index (κ2) is 7.81. The van der Waals surface area contributed by atoms with Gasteiger partial charge in [0.2, 0.25) is 0 Å². The second-order valence-electron chi connectivity index (χ2n) is 3.66. The summed E-state index contributed by atoms with van der Waals surface area (Å²) in [6.45, 7) is 6.72. The van der Waals surface area contributed by atoms with Gasteiger partial charge in [-0.15, -0.1) is 0 Å². The molecule has 92 valence electrons. The number of hydrogen-bond acceptors (Lipinski definition) is 3. The predicted molar refractivity (Wildman–Crippen MR) is 68.8 cm³/mol. The van der Waals surface area contributed by atoms with Crippen molar-refractivity contribution >= 4 is 15.9 Å². The van der Waals surface area contributed by atoms with E-state index in [9.17, 15) is 0 Å². The minimum absolute atomic E-state index is 0.773. The number of halogens is 1.